The summed E-state index contributed by atoms with van der Waals surface area (Å²) in [5.41, 5.74) is 1.92. The molecule has 2 saturated heterocycles. The molecule has 0 spiro atoms. The van der Waals surface area contributed by atoms with E-state index < -0.39 is 0 Å². The van der Waals surface area contributed by atoms with Crippen molar-refractivity contribution in [2.75, 3.05) is 23.8 Å². The fraction of sp³-hybridized carbons (Fsp3) is 0.500. The zero-order valence-electron chi connectivity index (χ0n) is 18.8. The topological polar surface area (TPSA) is 96.8 Å². The highest BCUT2D eigenvalue weighted by molar-refractivity contribution is 5.92. The molecule has 8 heteroatoms. The first kappa shape index (κ1) is 20.7. The summed E-state index contributed by atoms with van der Waals surface area (Å²) in [4.78, 5) is 14.6. The molecule has 8 nitrogen and oxygen atoms in total. The number of hydrogen-bond acceptors (Lipinski definition) is 7. The molecule has 2 bridgehead atoms. The molecule has 2 aliphatic heterocycles. The van der Waals surface area contributed by atoms with E-state index in [0.29, 0.717) is 24.5 Å². The van der Waals surface area contributed by atoms with Gasteiger partial charge in [0.25, 0.3) is 0 Å². The zero-order valence-corrected chi connectivity index (χ0v) is 18.8. The molecule has 0 amide bonds. The number of aromatic nitrogens is 4. The Bertz CT molecular complexity index is 1120. The van der Waals surface area contributed by atoms with Gasteiger partial charge in [0.15, 0.2) is 5.82 Å². The van der Waals surface area contributed by atoms with Crippen LogP contribution in [0.3, 0.4) is 0 Å². The number of hydrogen-bond donors (Lipinski definition) is 2. The number of fused-ring (bicyclic) bond motifs is 3. The fourth-order valence-electron chi connectivity index (χ4n) is 5.49. The first-order valence-electron chi connectivity index (χ1n) is 11.5. The average Bonchev–Trinajstić information content (AvgIpc) is 3.20. The SMILES string of the molecule is Cc1cc(Nc2cc3ncccc3c(N(C)C3C[C@H]4CCC[C@@H](C3)N4CCC#N)n2)n[nH]1. The lowest BCUT2D eigenvalue weighted by atomic mass is 9.81. The number of aromatic amines is 1. The maximum absolute atomic E-state index is 9.07. The molecule has 166 valence electrons. The van der Waals surface area contributed by atoms with Gasteiger partial charge in [0.1, 0.15) is 11.6 Å². The minimum absolute atomic E-state index is 0.419. The molecule has 32 heavy (non-hydrogen) atoms. The summed E-state index contributed by atoms with van der Waals surface area (Å²) in [5.74, 6) is 2.45. The Kier molecular flexibility index (Phi) is 5.66. The van der Waals surface area contributed by atoms with Gasteiger partial charge in [-0.05, 0) is 44.7 Å². The Balaban J connectivity index is 1.44. The van der Waals surface area contributed by atoms with E-state index in [9.17, 15) is 0 Å². The van der Waals surface area contributed by atoms with Crippen LogP contribution in [0.25, 0.3) is 10.9 Å². The third-order valence-corrected chi connectivity index (χ3v) is 7.01. The molecule has 0 radical (unpaired) electrons. The molecule has 0 saturated carbocycles. The molecule has 0 aromatic carbocycles. The van der Waals surface area contributed by atoms with E-state index in [4.69, 9.17) is 10.2 Å². The van der Waals surface area contributed by atoms with Gasteiger partial charge in [0, 0.05) is 67.5 Å². The number of H-pyrrole nitrogens is 1. The largest absolute Gasteiger partial charge is 0.356 e. The summed E-state index contributed by atoms with van der Waals surface area (Å²) in [6.45, 7) is 2.88. The normalized spacial score (nSPS) is 23.1. The third-order valence-electron chi connectivity index (χ3n) is 7.01. The first-order valence-corrected chi connectivity index (χ1v) is 11.5. The van der Waals surface area contributed by atoms with E-state index in [1.165, 1.54) is 19.3 Å². The predicted molar refractivity (Wildman–Crippen MR) is 126 cm³/mol. The summed E-state index contributed by atoms with van der Waals surface area (Å²) in [5, 5.41) is 20.7. The van der Waals surface area contributed by atoms with Crippen LogP contribution >= 0.6 is 0 Å². The van der Waals surface area contributed by atoms with Crippen molar-refractivity contribution in [3.05, 3.63) is 36.2 Å². The Labute approximate surface area is 188 Å². The van der Waals surface area contributed by atoms with E-state index in [1.807, 2.05) is 31.3 Å². The number of rotatable bonds is 6. The molecule has 5 rings (SSSR count). The molecule has 3 aromatic rings. The van der Waals surface area contributed by atoms with Crippen LogP contribution in [-0.2, 0) is 0 Å². The minimum atomic E-state index is 0.419. The second-order valence-electron chi connectivity index (χ2n) is 9.08. The van der Waals surface area contributed by atoms with Crippen LogP contribution in [0.4, 0.5) is 17.5 Å². The van der Waals surface area contributed by atoms with Crippen LogP contribution in [0.1, 0.15) is 44.2 Å². The monoisotopic (exact) mass is 430 g/mol. The maximum Gasteiger partial charge on any atom is 0.153 e. The molecule has 3 aromatic heterocycles. The van der Waals surface area contributed by atoms with Gasteiger partial charge >= 0.3 is 0 Å². The molecule has 5 heterocycles. The van der Waals surface area contributed by atoms with Crippen LogP contribution in [0.15, 0.2) is 30.5 Å². The standard InChI is InChI=1S/C24H30N8/c1-16-12-23(30-29-16)27-22-15-21-20(8-4-10-26-21)24(28-22)31(2)19-13-17-6-3-7-18(14-19)32(17)11-5-9-25/h4,8,10,12,15,17-19H,3,5-7,11,13-14H2,1-2H3,(H2,27,28,29,30)/t17-,18+,19?. The van der Waals surface area contributed by atoms with E-state index in [2.05, 4.69) is 49.5 Å². The number of aryl methyl sites for hydroxylation is 1. The van der Waals surface area contributed by atoms with Crippen LogP contribution in [0.5, 0.6) is 0 Å². The Morgan fingerprint density at radius 1 is 1.25 bits per heavy atom. The van der Waals surface area contributed by atoms with Gasteiger partial charge < -0.3 is 10.2 Å². The molecule has 1 unspecified atom stereocenters. The summed E-state index contributed by atoms with van der Waals surface area (Å²) in [6.07, 6.45) is 8.40. The van der Waals surface area contributed by atoms with Crippen molar-refractivity contribution in [3.63, 3.8) is 0 Å². The van der Waals surface area contributed by atoms with Gasteiger partial charge in [-0.15, -0.1) is 0 Å². The number of anilines is 3. The van der Waals surface area contributed by atoms with Crippen LogP contribution in [0, 0.1) is 18.3 Å². The van der Waals surface area contributed by atoms with Crippen molar-refractivity contribution in [2.45, 2.75) is 63.6 Å². The van der Waals surface area contributed by atoms with E-state index in [-0.39, 0.29) is 0 Å². The second-order valence-corrected chi connectivity index (χ2v) is 9.08. The molecular weight excluding hydrogens is 400 g/mol. The maximum atomic E-state index is 9.07. The molecule has 2 N–H and O–H groups in total. The molecule has 0 aliphatic carbocycles. The summed E-state index contributed by atoms with van der Waals surface area (Å²) >= 11 is 0. The smallest absolute Gasteiger partial charge is 0.153 e. The first-order chi connectivity index (χ1) is 15.6. The summed E-state index contributed by atoms with van der Waals surface area (Å²) in [7, 11) is 2.17. The van der Waals surface area contributed by atoms with Crippen LogP contribution < -0.4 is 10.2 Å². The number of nitriles is 1. The van der Waals surface area contributed by atoms with E-state index in [1.54, 1.807) is 0 Å². The Hall–Kier alpha value is -3.18. The highest BCUT2D eigenvalue weighted by Gasteiger charge is 2.39. The lowest BCUT2D eigenvalue weighted by molar-refractivity contribution is 0.0327. The number of nitrogens with zero attached hydrogens (tertiary/aromatic N) is 6. The zero-order chi connectivity index (χ0) is 22.1. The highest BCUT2D eigenvalue weighted by atomic mass is 15.3. The van der Waals surface area contributed by atoms with Gasteiger partial charge in [0.2, 0.25) is 0 Å². The van der Waals surface area contributed by atoms with Crippen molar-refractivity contribution < 1.29 is 0 Å². The summed E-state index contributed by atoms with van der Waals surface area (Å²) < 4.78 is 0. The third kappa shape index (κ3) is 4.00. The van der Waals surface area contributed by atoms with Crippen molar-refractivity contribution in [2.24, 2.45) is 0 Å². The van der Waals surface area contributed by atoms with Gasteiger partial charge in [-0.3, -0.25) is 15.0 Å². The molecule has 3 atom stereocenters. The molecular formula is C24H30N8. The van der Waals surface area contributed by atoms with Crippen molar-refractivity contribution >= 4 is 28.4 Å². The van der Waals surface area contributed by atoms with Gasteiger partial charge in [-0.2, -0.15) is 10.4 Å². The van der Waals surface area contributed by atoms with Gasteiger partial charge in [-0.25, -0.2) is 4.98 Å². The molecule has 2 fully saturated rings. The Morgan fingerprint density at radius 3 is 2.78 bits per heavy atom. The number of pyridine rings is 2. The molecule has 2 aliphatic rings. The number of piperidine rings is 2. The lowest BCUT2D eigenvalue weighted by Crippen LogP contribution is -2.56. The van der Waals surface area contributed by atoms with Gasteiger partial charge in [0.05, 0.1) is 11.6 Å². The Morgan fingerprint density at radius 2 is 2.06 bits per heavy atom. The second kappa shape index (κ2) is 8.75. The fourth-order valence-corrected chi connectivity index (χ4v) is 5.49. The van der Waals surface area contributed by atoms with E-state index >= 15 is 0 Å². The van der Waals surface area contributed by atoms with Crippen molar-refractivity contribution in [1.82, 2.24) is 25.1 Å². The number of nitrogens with one attached hydrogen (secondary N) is 2. The average molecular weight is 431 g/mol. The predicted octanol–water partition coefficient (Wildman–Crippen LogP) is 4.14. The quantitative estimate of drug-likeness (QED) is 0.606. The minimum Gasteiger partial charge on any atom is -0.356 e. The summed E-state index contributed by atoms with van der Waals surface area (Å²) in [6, 6.07) is 11.9. The van der Waals surface area contributed by atoms with Gasteiger partial charge in [-0.1, -0.05) is 6.42 Å². The lowest BCUT2D eigenvalue weighted by Gasteiger charge is -2.50. The van der Waals surface area contributed by atoms with Crippen LogP contribution in [-0.4, -0.2) is 56.8 Å². The van der Waals surface area contributed by atoms with E-state index in [0.717, 1.165) is 53.4 Å². The van der Waals surface area contributed by atoms with Crippen molar-refractivity contribution in [3.8, 4) is 6.07 Å². The highest BCUT2D eigenvalue weighted by Crippen LogP contribution is 2.38. The van der Waals surface area contributed by atoms with Crippen molar-refractivity contribution in [1.29, 1.82) is 5.26 Å². The van der Waals surface area contributed by atoms with Crippen LogP contribution in [0.2, 0.25) is 0 Å².